The van der Waals surface area contributed by atoms with Gasteiger partial charge in [-0.2, -0.15) is 0 Å². The first-order valence-electron chi connectivity index (χ1n) is 5.69. The maximum absolute atomic E-state index is 13.4. The van der Waals surface area contributed by atoms with Crippen LogP contribution < -0.4 is 0 Å². The molecule has 0 amide bonds. The van der Waals surface area contributed by atoms with Gasteiger partial charge in [-0.15, -0.1) is 0 Å². The molecule has 0 spiro atoms. The van der Waals surface area contributed by atoms with E-state index in [-0.39, 0.29) is 24.2 Å². The number of hydrogen-bond donors (Lipinski definition) is 0. The van der Waals surface area contributed by atoms with Gasteiger partial charge < -0.3 is 0 Å². The van der Waals surface area contributed by atoms with Gasteiger partial charge >= 0.3 is 0 Å². The first kappa shape index (κ1) is 12.4. The summed E-state index contributed by atoms with van der Waals surface area (Å²) in [5.41, 5.74) is 0.538. The maximum Gasteiger partial charge on any atom is 0.163 e. The van der Waals surface area contributed by atoms with Crippen LogP contribution in [0.2, 0.25) is 0 Å². The van der Waals surface area contributed by atoms with E-state index in [9.17, 15) is 13.6 Å². The predicted octanol–water partition coefficient (Wildman–Crippen LogP) is 3.78. The van der Waals surface area contributed by atoms with Gasteiger partial charge in [-0.3, -0.25) is 4.79 Å². The molecule has 0 N–H and O–H groups in total. The Morgan fingerprint density at radius 3 is 2.11 bits per heavy atom. The Balaban J connectivity index is 2.07. The third kappa shape index (κ3) is 2.80. The molecule has 1 nitrogen and oxygen atoms in total. The Morgan fingerprint density at radius 1 is 0.889 bits per heavy atom. The molecule has 0 atom stereocenters. The molecule has 0 bridgehead atoms. The highest BCUT2D eigenvalue weighted by Crippen LogP contribution is 2.15. The topological polar surface area (TPSA) is 17.1 Å². The Bertz CT molecular complexity index is 529. The van der Waals surface area contributed by atoms with E-state index in [1.807, 2.05) is 6.07 Å². The Labute approximate surface area is 104 Å². The zero-order valence-corrected chi connectivity index (χ0v) is 9.70. The molecule has 0 radical (unpaired) electrons. The van der Waals surface area contributed by atoms with E-state index in [2.05, 4.69) is 0 Å². The largest absolute Gasteiger partial charge is 0.294 e. The molecule has 3 heteroatoms. The van der Waals surface area contributed by atoms with E-state index in [0.29, 0.717) is 5.56 Å². The van der Waals surface area contributed by atoms with Crippen molar-refractivity contribution in [2.45, 2.75) is 12.8 Å². The van der Waals surface area contributed by atoms with E-state index in [1.165, 1.54) is 18.2 Å². The van der Waals surface area contributed by atoms with Crippen LogP contribution in [0.5, 0.6) is 0 Å². The third-order valence-electron chi connectivity index (χ3n) is 2.76. The second-order valence-corrected chi connectivity index (χ2v) is 3.99. The van der Waals surface area contributed by atoms with Crippen molar-refractivity contribution in [2.75, 3.05) is 0 Å². The molecule has 2 aromatic carbocycles. The summed E-state index contributed by atoms with van der Waals surface area (Å²) in [5, 5.41) is 0. The van der Waals surface area contributed by atoms with Gasteiger partial charge in [-0.1, -0.05) is 36.4 Å². The zero-order valence-electron chi connectivity index (χ0n) is 9.70. The van der Waals surface area contributed by atoms with Gasteiger partial charge in [0.1, 0.15) is 11.6 Å². The van der Waals surface area contributed by atoms with E-state index in [4.69, 9.17) is 0 Å². The van der Waals surface area contributed by atoms with Crippen molar-refractivity contribution in [2.24, 2.45) is 0 Å². The normalized spacial score (nSPS) is 10.3. The van der Waals surface area contributed by atoms with Crippen molar-refractivity contribution in [1.82, 2.24) is 0 Å². The van der Waals surface area contributed by atoms with Gasteiger partial charge in [0.15, 0.2) is 5.78 Å². The van der Waals surface area contributed by atoms with E-state index >= 15 is 0 Å². The summed E-state index contributed by atoms with van der Waals surface area (Å²) in [4.78, 5) is 11.8. The number of carbonyl (C=O) groups is 1. The first-order chi connectivity index (χ1) is 8.68. The Hall–Kier alpha value is -2.03. The second kappa shape index (κ2) is 5.54. The molecule has 2 rings (SSSR count). The average molecular weight is 246 g/mol. The molecule has 0 aliphatic rings. The lowest BCUT2D eigenvalue weighted by atomic mass is 10.0. The quantitative estimate of drug-likeness (QED) is 0.750. The minimum absolute atomic E-state index is 0.0261. The molecule has 0 aromatic heterocycles. The summed E-state index contributed by atoms with van der Waals surface area (Å²) in [7, 11) is 0. The molecule has 0 aliphatic carbocycles. The predicted molar refractivity (Wildman–Crippen MR) is 65.5 cm³/mol. The van der Waals surface area contributed by atoms with Gasteiger partial charge in [0.2, 0.25) is 0 Å². The highest BCUT2D eigenvalue weighted by Gasteiger charge is 2.11. The van der Waals surface area contributed by atoms with Crippen molar-refractivity contribution >= 4 is 5.78 Å². The molecule has 18 heavy (non-hydrogen) atoms. The number of benzene rings is 2. The molecule has 92 valence electrons. The number of rotatable bonds is 4. The summed E-state index contributed by atoms with van der Waals surface area (Å²) in [6, 6.07) is 12.4. The Morgan fingerprint density at radius 2 is 1.50 bits per heavy atom. The number of ketones is 1. The SMILES string of the molecule is O=C(CCc1c(F)cccc1F)c1ccccc1. The number of halogens is 2. The highest BCUT2D eigenvalue weighted by molar-refractivity contribution is 5.96. The van der Waals surface area contributed by atoms with Crippen LogP contribution in [0.1, 0.15) is 22.3 Å². The summed E-state index contributed by atoms with van der Waals surface area (Å²) in [5.74, 6) is -1.31. The summed E-state index contributed by atoms with van der Waals surface area (Å²) < 4.78 is 26.7. The molecule has 2 aromatic rings. The number of carbonyl (C=O) groups excluding carboxylic acids is 1. The number of Topliss-reactive ketones (excluding diaryl/α,β-unsaturated/α-hetero) is 1. The average Bonchev–Trinajstić information content (AvgIpc) is 2.39. The maximum atomic E-state index is 13.4. The van der Waals surface area contributed by atoms with Crippen LogP contribution in [0.3, 0.4) is 0 Å². The monoisotopic (exact) mass is 246 g/mol. The molecule has 0 heterocycles. The first-order valence-corrected chi connectivity index (χ1v) is 5.69. The molecule has 0 saturated heterocycles. The fourth-order valence-corrected chi connectivity index (χ4v) is 1.78. The van der Waals surface area contributed by atoms with Crippen molar-refractivity contribution in [3.8, 4) is 0 Å². The van der Waals surface area contributed by atoms with Gasteiger partial charge in [-0.25, -0.2) is 8.78 Å². The summed E-state index contributed by atoms with van der Waals surface area (Å²) >= 11 is 0. The summed E-state index contributed by atoms with van der Waals surface area (Å²) in [6.07, 6.45) is 0.175. The Kier molecular flexibility index (Phi) is 3.82. The van der Waals surface area contributed by atoms with Crippen LogP contribution in [0.25, 0.3) is 0 Å². The van der Waals surface area contributed by atoms with E-state index < -0.39 is 11.6 Å². The van der Waals surface area contributed by atoms with Gasteiger partial charge in [0, 0.05) is 17.5 Å². The molecular formula is C15H12F2O. The van der Waals surface area contributed by atoms with Crippen LogP contribution in [0.4, 0.5) is 8.78 Å². The van der Waals surface area contributed by atoms with E-state index in [0.717, 1.165) is 0 Å². The van der Waals surface area contributed by atoms with Gasteiger partial charge in [-0.05, 0) is 18.6 Å². The van der Waals surface area contributed by atoms with Crippen LogP contribution in [0, 0.1) is 11.6 Å². The van der Waals surface area contributed by atoms with E-state index in [1.54, 1.807) is 24.3 Å². The standard InChI is InChI=1S/C15H12F2O/c16-13-7-4-8-14(17)12(13)9-10-15(18)11-5-2-1-3-6-11/h1-8H,9-10H2. The second-order valence-electron chi connectivity index (χ2n) is 3.99. The third-order valence-corrected chi connectivity index (χ3v) is 2.76. The van der Waals surface area contributed by atoms with Crippen LogP contribution in [-0.2, 0) is 6.42 Å². The van der Waals surface area contributed by atoms with Crippen molar-refractivity contribution in [3.63, 3.8) is 0 Å². The van der Waals surface area contributed by atoms with Crippen molar-refractivity contribution in [1.29, 1.82) is 0 Å². The minimum atomic E-state index is -0.601. The van der Waals surface area contributed by atoms with Crippen LogP contribution in [-0.4, -0.2) is 5.78 Å². The van der Waals surface area contributed by atoms with Gasteiger partial charge in [0.25, 0.3) is 0 Å². The molecular weight excluding hydrogens is 234 g/mol. The highest BCUT2D eigenvalue weighted by atomic mass is 19.1. The van der Waals surface area contributed by atoms with Gasteiger partial charge in [0.05, 0.1) is 0 Å². The fourth-order valence-electron chi connectivity index (χ4n) is 1.78. The van der Waals surface area contributed by atoms with Crippen LogP contribution in [0.15, 0.2) is 48.5 Å². The molecule has 0 saturated carbocycles. The smallest absolute Gasteiger partial charge is 0.163 e. The van der Waals surface area contributed by atoms with Crippen molar-refractivity contribution in [3.05, 3.63) is 71.3 Å². The lowest BCUT2D eigenvalue weighted by Crippen LogP contribution is -2.03. The molecule has 0 unspecified atom stereocenters. The summed E-state index contributed by atoms with van der Waals surface area (Å²) in [6.45, 7) is 0. The lowest BCUT2D eigenvalue weighted by molar-refractivity contribution is 0.0982. The van der Waals surface area contributed by atoms with Crippen LogP contribution >= 0.6 is 0 Å². The zero-order chi connectivity index (χ0) is 13.0. The van der Waals surface area contributed by atoms with Crippen molar-refractivity contribution < 1.29 is 13.6 Å². The lowest BCUT2D eigenvalue weighted by Gasteiger charge is -2.04. The molecule has 0 fully saturated rings. The minimum Gasteiger partial charge on any atom is -0.294 e. The number of hydrogen-bond acceptors (Lipinski definition) is 1. The fraction of sp³-hybridized carbons (Fsp3) is 0.133. The molecule has 0 aliphatic heterocycles.